The number of hydrogen-bond donors (Lipinski definition) is 1. The van der Waals surface area contributed by atoms with Gasteiger partial charge in [0.25, 0.3) is 0 Å². The molecule has 0 bridgehead atoms. The third-order valence-corrected chi connectivity index (χ3v) is 3.05. The minimum atomic E-state index is 0.758. The van der Waals surface area contributed by atoms with Crippen LogP contribution in [0.5, 0.6) is 0 Å². The Bertz CT molecular complexity index is 507. The molecule has 0 aliphatic heterocycles. The van der Waals surface area contributed by atoms with Gasteiger partial charge in [0.1, 0.15) is 0 Å². The van der Waals surface area contributed by atoms with Crippen LogP contribution in [-0.4, -0.2) is 0 Å². The van der Waals surface area contributed by atoms with E-state index in [2.05, 4.69) is 34.1 Å². The topological polar surface area (TPSA) is 26.0 Å². The Labute approximate surface area is 104 Å². The number of halogens is 1. The van der Waals surface area contributed by atoms with Crippen molar-refractivity contribution in [2.75, 3.05) is 5.73 Å². The molecule has 0 saturated carbocycles. The predicted molar refractivity (Wildman–Crippen MR) is 74.0 cm³/mol. The molecule has 0 heterocycles. The highest BCUT2D eigenvalue weighted by atomic mass is 79.9. The van der Waals surface area contributed by atoms with Gasteiger partial charge in [-0.1, -0.05) is 48.6 Å². The summed E-state index contributed by atoms with van der Waals surface area (Å²) in [5.74, 6) is 0. The molecular weight excluding hydrogens is 262 g/mol. The van der Waals surface area contributed by atoms with E-state index < -0.39 is 0 Å². The number of nitrogen functional groups attached to an aromatic ring is 1. The van der Waals surface area contributed by atoms with Crippen molar-refractivity contribution in [1.29, 1.82) is 0 Å². The molecule has 80 valence electrons. The fourth-order valence-corrected chi connectivity index (χ4v) is 1.73. The van der Waals surface area contributed by atoms with Gasteiger partial charge in [-0.3, -0.25) is 0 Å². The monoisotopic (exact) mass is 273 g/mol. The quantitative estimate of drug-likeness (QED) is 0.767. The summed E-state index contributed by atoms with van der Waals surface area (Å²) in [5.41, 5.74) is 8.90. The lowest BCUT2D eigenvalue weighted by Gasteiger charge is -2.05. The van der Waals surface area contributed by atoms with E-state index in [0.717, 1.165) is 21.3 Å². The lowest BCUT2D eigenvalue weighted by atomic mass is 10.0. The number of anilines is 1. The highest BCUT2D eigenvalue weighted by Gasteiger charge is 2.00. The molecule has 0 atom stereocenters. The number of nitrogens with two attached hydrogens (primary N) is 1. The fourth-order valence-electron chi connectivity index (χ4n) is 1.48. The van der Waals surface area contributed by atoms with Gasteiger partial charge < -0.3 is 5.73 Å². The molecule has 0 aromatic heterocycles. The SMILES string of the molecule is Nc1cc(C2=C/C=C\C=C/C=C2)ccc1Br. The first-order valence-electron chi connectivity index (χ1n) is 5.04. The van der Waals surface area contributed by atoms with Gasteiger partial charge in [-0.25, -0.2) is 0 Å². The number of hydrogen-bond acceptors (Lipinski definition) is 1. The maximum absolute atomic E-state index is 5.87. The highest BCUT2D eigenvalue weighted by molar-refractivity contribution is 9.10. The molecule has 1 aliphatic carbocycles. The molecule has 1 aromatic rings. The lowest BCUT2D eigenvalue weighted by Crippen LogP contribution is -1.89. The fraction of sp³-hybridized carbons (Fsp3) is 0. The Morgan fingerprint density at radius 2 is 1.69 bits per heavy atom. The molecule has 0 unspecified atom stereocenters. The van der Waals surface area contributed by atoms with E-state index in [1.807, 2.05) is 42.5 Å². The van der Waals surface area contributed by atoms with E-state index >= 15 is 0 Å². The Hall–Kier alpha value is -1.54. The zero-order valence-electron chi connectivity index (χ0n) is 8.73. The molecule has 0 saturated heterocycles. The molecule has 0 fully saturated rings. The van der Waals surface area contributed by atoms with Crippen molar-refractivity contribution >= 4 is 27.2 Å². The Morgan fingerprint density at radius 3 is 2.50 bits per heavy atom. The summed E-state index contributed by atoms with van der Waals surface area (Å²) < 4.78 is 0.933. The van der Waals surface area contributed by atoms with E-state index in [0.29, 0.717) is 0 Å². The summed E-state index contributed by atoms with van der Waals surface area (Å²) in [4.78, 5) is 0. The van der Waals surface area contributed by atoms with Gasteiger partial charge in [-0.2, -0.15) is 0 Å². The van der Waals surface area contributed by atoms with Crippen molar-refractivity contribution in [3.8, 4) is 0 Å². The zero-order valence-corrected chi connectivity index (χ0v) is 10.3. The van der Waals surface area contributed by atoms with Gasteiger partial charge >= 0.3 is 0 Å². The van der Waals surface area contributed by atoms with Crippen LogP contribution in [0.25, 0.3) is 5.57 Å². The van der Waals surface area contributed by atoms with Gasteiger partial charge in [0.15, 0.2) is 0 Å². The minimum absolute atomic E-state index is 0.758. The van der Waals surface area contributed by atoms with E-state index in [1.54, 1.807) is 0 Å². The van der Waals surface area contributed by atoms with E-state index in [9.17, 15) is 0 Å². The summed E-state index contributed by atoms with van der Waals surface area (Å²) >= 11 is 3.39. The summed E-state index contributed by atoms with van der Waals surface area (Å²) in [6, 6.07) is 5.99. The van der Waals surface area contributed by atoms with Crippen LogP contribution in [-0.2, 0) is 0 Å². The summed E-state index contributed by atoms with van der Waals surface area (Å²) in [6.45, 7) is 0. The molecule has 1 aliphatic rings. The van der Waals surface area contributed by atoms with Crippen LogP contribution in [0, 0.1) is 0 Å². The first-order chi connectivity index (χ1) is 7.77. The van der Waals surface area contributed by atoms with Crippen molar-refractivity contribution in [3.63, 3.8) is 0 Å². The molecule has 2 rings (SSSR count). The third kappa shape index (κ3) is 2.52. The van der Waals surface area contributed by atoms with E-state index in [1.165, 1.54) is 0 Å². The lowest BCUT2D eigenvalue weighted by molar-refractivity contribution is 1.57. The van der Waals surface area contributed by atoms with Crippen LogP contribution in [0.4, 0.5) is 5.69 Å². The van der Waals surface area contributed by atoms with Crippen LogP contribution in [0.1, 0.15) is 5.56 Å². The molecule has 16 heavy (non-hydrogen) atoms. The summed E-state index contributed by atoms with van der Waals surface area (Å²) in [7, 11) is 0. The van der Waals surface area contributed by atoms with Crippen LogP contribution in [0.2, 0.25) is 0 Å². The Kier molecular flexibility index (Phi) is 3.42. The van der Waals surface area contributed by atoms with Crippen molar-refractivity contribution in [2.45, 2.75) is 0 Å². The molecule has 2 heteroatoms. The average molecular weight is 274 g/mol. The zero-order chi connectivity index (χ0) is 11.4. The smallest absolute Gasteiger partial charge is 0.0464 e. The maximum Gasteiger partial charge on any atom is 0.0464 e. The van der Waals surface area contributed by atoms with Crippen LogP contribution in [0.3, 0.4) is 0 Å². The molecule has 0 amide bonds. The normalized spacial score (nSPS) is 18.4. The Morgan fingerprint density at radius 1 is 0.938 bits per heavy atom. The molecule has 1 aromatic carbocycles. The molecular formula is C14H12BrN. The van der Waals surface area contributed by atoms with Crippen LogP contribution < -0.4 is 5.73 Å². The third-order valence-electron chi connectivity index (χ3n) is 2.33. The van der Waals surface area contributed by atoms with Gasteiger partial charge in [-0.15, -0.1) is 0 Å². The molecule has 1 nitrogen and oxygen atoms in total. The van der Waals surface area contributed by atoms with Crippen LogP contribution >= 0.6 is 15.9 Å². The van der Waals surface area contributed by atoms with E-state index in [4.69, 9.17) is 5.73 Å². The highest BCUT2D eigenvalue weighted by Crippen LogP contribution is 2.25. The average Bonchev–Trinajstić information content (AvgIpc) is 2.22. The van der Waals surface area contributed by atoms with Crippen molar-refractivity contribution in [2.24, 2.45) is 0 Å². The summed E-state index contributed by atoms with van der Waals surface area (Å²) in [6.07, 6.45) is 14.2. The Balaban J connectivity index is 2.40. The van der Waals surface area contributed by atoms with E-state index in [-0.39, 0.29) is 0 Å². The summed E-state index contributed by atoms with van der Waals surface area (Å²) in [5, 5.41) is 0. The molecule has 2 N–H and O–H groups in total. The maximum atomic E-state index is 5.87. The predicted octanol–water partition coefficient (Wildman–Crippen LogP) is 4.10. The van der Waals surface area contributed by atoms with Crippen molar-refractivity contribution < 1.29 is 0 Å². The van der Waals surface area contributed by atoms with Gasteiger partial charge in [0.2, 0.25) is 0 Å². The minimum Gasteiger partial charge on any atom is -0.398 e. The van der Waals surface area contributed by atoms with Crippen molar-refractivity contribution in [1.82, 2.24) is 0 Å². The number of allylic oxidation sites excluding steroid dienone is 8. The van der Waals surface area contributed by atoms with Gasteiger partial charge in [-0.05, 0) is 39.2 Å². The van der Waals surface area contributed by atoms with Gasteiger partial charge in [0.05, 0.1) is 0 Å². The second-order valence-electron chi connectivity index (χ2n) is 3.49. The molecule has 0 radical (unpaired) electrons. The first-order valence-corrected chi connectivity index (χ1v) is 5.84. The number of rotatable bonds is 1. The van der Waals surface area contributed by atoms with Gasteiger partial charge in [0, 0.05) is 10.2 Å². The molecule has 0 spiro atoms. The first kappa shape index (κ1) is 11.0. The van der Waals surface area contributed by atoms with Crippen molar-refractivity contribution in [3.05, 3.63) is 70.8 Å². The number of benzene rings is 1. The standard InChI is InChI=1S/C14H12BrN/c15-13-9-8-12(10-14(13)16)11-6-4-2-1-3-5-7-11/h1-10H,16H2/b2-1-,3-1?,4-2?,5-3-,6-4?,7-5?,11-6?,11-7?. The van der Waals surface area contributed by atoms with Crippen LogP contribution in [0.15, 0.2) is 65.2 Å². The second-order valence-corrected chi connectivity index (χ2v) is 4.34. The second kappa shape index (κ2) is 4.99. The largest absolute Gasteiger partial charge is 0.398 e.